The zero-order chi connectivity index (χ0) is 36.6. The van der Waals surface area contributed by atoms with Gasteiger partial charge in [-0.15, -0.1) is 0 Å². The fraction of sp³-hybridized carbons (Fsp3) is 0.267. The van der Waals surface area contributed by atoms with Gasteiger partial charge in [0, 0.05) is 105 Å². The van der Waals surface area contributed by atoms with Crippen LogP contribution in [0.2, 0.25) is 10.0 Å². The molecule has 1 aliphatic carbocycles. The van der Waals surface area contributed by atoms with Crippen LogP contribution in [0.4, 0.5) is 22.7 Å². The van der Waals surface area contributed by atoms with Crippen molar-refractivity contribution >= 4 is 51.7 Å². The molecule has 52 heavy (non-hydrogen) atoms. The van der Waals surface area contributed by atoms with Gasteiger partial charge >= 0.3 is 0 Å². The number of para-hydroxylation sites is 2. The van der Waals surface area contributed by atoms with Crippen molar-refractivity contribution in [2.45, 2.75) is 51.4 Å². The molecule has 7 heteroatoms. The summed E-state index contributed by atoms with van der Waals surface area (Å²) in [5.41, 5.74) is 25.1. The van der Waals surface area contributed by atoms with Gasteiger partial charge < -0.3 is 21.3 Å². The lowest BCUT2D eigenvalue weighted by Gasteiger charge is -2.26. The zero-order valence-corrected chi connectivity index (χ0v) is 32.1. The van der Waals surface area contributed by atoms with Gasteiger partial charge in [-0.25, -0.2) is 0 Å². The van der Waals surface area contributed by atoms with Crippen molar-refractivity contribution < 1.29 is 0 Å². The van der Waals surface area contributed by atoms with E-state index in [-0.39, 0.29) is 10.8 Å². The van der Waals surface area contributed by atoms with Crippen LogP contribution >= 0.6 is 23.2 Å². The minimum atomic E-state index is -0.245. The Morgan fingerprint density at radius 3 is 1.38 bits per heavy atom. The van der Waals surface area contributed by atoms with Crippen LogP contribution in [0.5, 0.6) is 0 Å². The topological polar surface area (TPSA) is 61.5 Å². The summed E-state index contributed by atoms with van der Waals surface area (Å²) in [6.45, 7) is 11.7. The van der Waals surface area contributed by atoms with Crippen LogP contribution in [0.25, 0.3) is 0 Å². The Morgan fingerprint density at radius 2 is 1.00 bits per heavy atom. The molecular formula is C45H48Cl2N5+. The van der Waals surface area contributed by atoms with Crippen LogP contribution in [0, 0.1) is 0 Å². The van der Waals surface area contributed by atoms with Gasteiger partial charge in [-0.05, 0) is 72.5 Å². The molecule has 3 aliphatic rings. The van der Waals surface area contributed by atoms with Crippen molar-refractivity contribution in [1.82, 2.24) is 4.58 Å². The van der Waals surface area contributed by atoms with Gasteiger partial charge in [0.15, 0.2) is 0 Å². The van der Waals surface area contributed by atoms with Gasteiger partial charge in [-0.3, -0.25) is 0 Å². The van der Waals surface area contributed by atoms with Gasteiger partial charge in [-0.1, -0.05) is 99.4 Å². The third kappa shape index (κ3) is 6.45. The number of hydrogen-bond donors (Lipinski definition) is 2. The maximum Gasteiger partial charge on any atom is 0.218 e. The monoisotopic (exact) mass is 728 g/mol. The van der Waals surface area contributed by atoms with E-state index in [2.05, 4.69) is 151 Å². The van der Waals surface area contributed by atoms with E-state index in [1.54, 1.807) is 0 Å². The lowest BCUT2D eigenvalue weighted by Crippen LogP contribution is -2.30. The molecule has 4 aromatic carbocycles. The van der Waals surface area contributed by atoms with Crippen molar-refractivity contribution in [1.29, 1.82) is 0 Å². The van der Waals surface area contributed by atoms with Crippen LogP contribution in [-0.2, 0) is 10.8 Å². The molecule has 0 amide bonds. The summed E-state index contributed by atoms with van der Waals surface area (Å²) in [7, 11) is 0. The first-order valence-corrected chi connectivity index (χ1v) is 19.0. The second-order valence-corrected chi connectivity index (χ2v) is 15.7. The Morgan fingerprint density at radius 1 is 0.596 bits per heavy atom. The van der Waals surface area contributed by atoms with Gasteiger partial charge in [-0.2, -0.15) is 4.58 Å². The number of nitrogens with two attached hydrogens (primary N) is 2. The molecule has 0 unspecified atom stereocenters. The highest BCUT2D eigenvalue weighted by atomic mass is 35.5. The van der Waals surface area contributed by atoms with Gasteiger partial charge in [0.2, 0.25) is 17.1 Å². The molecule has 4 N–H and O–H groups in total. The average Bonchev–Trinajstić information content (AvgIpc) is 3.69. The predicted octanol–water partition coefficient (Wildman–Crippen LogP) is 10.2. The molecule has 2 aliphatic heterocycles. The Bertz CT molecular complexity index is 1990. The highest BCUT2D eigenvalue weighted by molar-refractivity contribution is 6.31. The predicted molar refractivity (Wildman–Crippen MR) is 223 cm³/mol. The lowest BCUT2D eigenvalue weighted by atomic mass is 9.83. The highest BCUT2D eigenvalue weighted by Crippen LogP contribution is 2.50. The van der Waals surface area contributed by atoms with Crippen molar-refractivity contribution in [3.63, 3.8) is 0 Å². The van der Waals surface area contributed by atoms with Crippen LogP contribution in [0.1, 0.15) is 51.7 Å². The molecule has 1 fully saturated rings. The molecule has 2 heterocycles. The minimum Gasteiger partial charge on any atom is -0.343 e. The Kier molecular flexibility index (Phi) is 10.1. The van der Waals surface area contributed by atoms with E-state index < -0.39 is 0 Å². The summed E-state index contributed by atoms with van der Waals surface area (Å²) in [5.74, 6) is 0. The van der Waals surface area contributed by atoms with Crippen molar-refractivity contribution in [3.05, 3.63) is 165 Å². The smallest absolute Gasteiger partial charge is 0.218 e. The summed E-state index contributed by atoms with van der Waals surface area (Å²) >= 11 is 13.1. The fourth-order valence-electron chi connectivity index (χ4n) is 8.28. The summed E-state index contributed by atoms with van der Waals surface area (Å²) in [6, 6.07) is 33.8. The van der Waals surface area contributed by atoms with Crippen molar-refractivity contribution in [3.8, 4) is 0 Å². The molecule has 0 bridgehead atoms. The largest absolute Gasteiger partial charge is 0.343 e. The number of rotatable bonds is 8. The third-order valence-electron chi connectivity index (χ3n) is 10.8. The SMILES string of the molecule is CC1(C)C(=CC=C2CCC(=CC=C3N(CCN)c4ccc(Cl)cc4C3(C)C)C2=[N+](c2ccccc2)c2ccccc2)N(CCN)c2ccc(Cl)cc21. The molecule has 1 saturated carbocycles. The summed E-state index contributed by atoms with van der Waals surface area (Å²) < 4.78 is 2.42. The molecule has 0 radical (unpaired) electrons. The summed E-state index contributed by atoms with van der Waals surface area (Å²) in [6.07, 6.45) is 11.1. The molecule has 0 spiro atoms. The third-order valence-corrected chi connectivity index (χ3v) is 11.3. The molecule has 4 aromatic rings. The molecule has 5 nitrogen and oxygen atoms in total. The number of halogens is 2. The van der Waals surface area contributed by atoms with E-state index in [0.29, 0.717) is 13.1 Å². The number of anilines is 2. The van der Waals surface area contributed by atoms with Gasteiger partial charge in [0.25, 0.3) is 0 Å². The lowest BCUT2D eigenvalue weighted by molar-refractivity contribution is 0.631. The Hall–Kier alpha value is -4.39. The molecule has 7 rings (SSSR count). The molecule has 0 atom stereocenters. The van der Waals surface area contributed by atoms with E-state index in [9.17, 15) is 0 Å². The fourth-order valence-corrected chi connectivity index (χ4v) is 8.62. The first kappa shape index (κ1) is 36.0. The summed E-state index contributed by atoms with van der Waals surface area (Å²) in [5, 5.41) is 1.50. The van der Waals surface area contributed by atoms with Crippen molar-refractivity contribution in [2.24, 2.45) is 11.5 Å². The van der Waals surface area contributed by atoms with Crippen LogP contribution in [-0.4, -0.2) is 31.9 Å². The van der Waals surface area contributed by atoms with Crippen molar-refractivity contribution in [2.75, 3.05) is 36.0 Å². The number of nitrogens with zero attached hydrogens (tertiary/aromatic N) is 3. The number of hydrogen-bond acceptors (Lipinski definition) is 4. The number of allylic oxidation sites excluding steroid dienone is 8. The van der Waals surface area contributed by atoms with E-state index >= 15 is 0 Å². The molecule has 0 saturated heterocycles. The van der Waals surface area contributed by atoms with Crippen LogP contribution in [0.3, 0.4) is 0 Å². The Labute approximate surface area is 318 Å². The summed E-state index contributed by atoms with van der Waals surface area (Å²) in [4.78, 5) is 4.73. The minimum absolute atomic E-state index is 0.245. The normalized spacial score (nSPS) is 20.4. The molecular weight excluding hydrogens is 681 g/mol. The second kappa shape index (κ2) is 14.6. The standard InChI is InChI=1S/C45H48Cl2N5/c1-44(2)37-29-33(46)19-21-39(37)50(27-25-48)41(44)23-17-31-15-16-32(43(31)52(35-11-7-5-8-12-35)36-13-9-6-10-14-36)18-24-42-45(3,4)38-30-34(47)20-22-40(38)51(42)28-26-49/h5-14,17-24,29-30H,15-16,25-28,48-49H2,1-4H3/q+1. The molecule has 266 valence electrons. The quantitative estimate of drug-likeness (QED) is 0.177. The average molecular weight is 730 g/mol. The van der Waals surface area contributed by atoms with Gasteiger partial charge in [0.1, 0.15) is 0 Å². The Balaban J connectivity index is 1.42. The maximum absolute atomic E-state index is 6.53. The van der Waals surface area contributed by atoms with E-state index in [1.165, 1.54) is 50.8 Å². The maximum atomic E-state index is 6.53. The first-order chi connectivity index (χ1) is 25.1. The number of fused-ring (bicyclic) bond motifs is 2. The van der Waals surface area contributed by atoms with E-state index in [0.717, 1.165) is 47.4 Å². The van der Waals surface area contributed by atoms with Crippen LogP contribution < -0.4 is 25.8 Å². The van der Waals surface area contributed by atoms with Gasteiger partial charge in [0.05, 0.1) is 0 Å². The van der Waals surface area contributed by atoms with Crippen LogP contribution in [0.15, 0.2) is 144 Å². The first-order valence-electron chi connectivity index (χ1n) is 18.2. The zero-order valence-electron chi connectivity index (χ0n) is 30.5. The van der Waals surface area contributed by atoms with E-state index in [1.807, 2.05) is 12.1 Å². The van der Waals surface area contributed by atoms with E-state index in [4.69, 9.17) is 34.7 Å². The number of benzene rings is 4. The molecule has 0 aromatic heterocycles. The second-order valence-electron chi connectivity index (χ2n) is 14.8. The highest BCUT2D eigenvalue weighted by Gasteiger charge is 2.42.